The van der Waals surface area contributed by atoms with Crippen molar-refractivity contribution in [2.24, 2.45) is 5.84 Å². The monoisotopic (exact) mass is 287 g/mol. The van der Waals surface area contributed by atoms with Crippen LogP contribution in [0.4, 0.5) is 5.69 Å². The first kappa shape index (κ1) is 15.1. The molecule has 0 saturated heterocycles. The number of carbonyl (C=O) groups excluding carboxylic acids is 1. The lowest BCUT2D eigenvalue weighted by atomic mass is 10.3. The van der Waals surface area contributed by atoms with Crippen LogP contribution in [-0.4, -0.2) is 30.8 Å². The van der Waals surface area contributed by atoms with Gasteiger partial charge in [0.05, 0.1) is 35.9 Å². The van der Waals surface area contributed by atoms with Crippen molar-refractivity contribution in [1.82, 2.24) is 5.43 Å². The van der Waals surface area contributed by atoms with Crippen LogP contribution >= 0.6 is 11.8 Å². The molecule has 1 aromatic rings. The van der Waals surface area contributed by atoms with Crippen molar-refractivity contribution in [2.45, 2.75) is 4.90 Å². The van der Waals surface area contributed by atoms with E-state index in [4.69, 9.17) is 15.3 Å². The minimum absolute atomic E-state index is 0.0633. The van der Waals surface area contributed by atoms with Gasteiger partial charge in [-0.15, -0.1) is 11.8 Å². The molecule has 0 aromatic heterocycles. The molecule has 1 rings (SSSR count). The second-order valence-corrected chi connectivity index (χ2v) is 4.31. The van der Waals surface area contributed by atoms with E-state index in [1.54, 1.807) is 0 Å². The van der Waals surface area contributed by atoms with E-state index in [0.29, 0.717) is 10.6 Å². The van der Waals surface area contributed by atoms with Gasteiger partial charge in [-0.1, -0.05) is 0 Å². The number of hydrogen-bond donors (Lipinski definition) is 2. The van der Waals surface area contributed by atoms with E-state index >= 15 is 0 Å². The number of nitrogens with zero attached hydrogens (tertiary/aromatic N) is 1. The standard InChI is InChI=1S/C10H13N3O5S/c1-17-7-4-9(19-5-10(14)12-11)8(18-2)3-6(7)13(15)16/h3-4H,5,11H2,1-2H3,(H,12,14). The lowest BCUT2D eigenvalue weighted by molar-refractivity contribution is -0.385. The quantitative estimate of drug-likeness (QED) is 0.260. The molecule has 1 aromatic carbocycles. The van der Waals surface area contributed by atoms with Crippen LogP contribution in [0.25, 0.3) is 0 Å². The van der Waals surface area contributed by atoms with Gasteiger partial charge in [0.25, 0.3) is 0 Å². The van der Waals surface area contributed by atoms with E-state index in [9.17, 15) is 14.9 Å². The molecule has 0 atom stereocenters. The van der Waals surface area contributed by atoms with Crippen LogP contribution in [0.3, 0.4) is 0 Å². The van der Waals surface area contributed by atoms with E-state index in [1.165, 1.54) is 26.4 Å². The highest BCUT2D eigenvalue weighted by Crippen LogP contribution is 2.39. The van der Waals surface area contributed by atoms with Gasteiger partial charge < -0.3 is 9.47 Å². The van der Waals surface area contributed by atoms with Gasteiger partial charge in [0.15, 0.2) is 5.75 Å². The molecule has 0 aliphatic rings. The Bertz CT molecular complexity index is 494. The Balaban J connectivity index is 3.09. The number of ether oxygens (including phenoxy) is 2. The van der Waals surface area contributed by atoms with Gasteiger partial charge in [-0.2, -0.15) is 0 Å². The van der Waals surface area contributed by atoms with Crippen molar-refractivity contribution in [3.8, 4) is 11.5 Å². The van der Waals surface area contributed by atoms with Gasteiger partial charge in [0, 0.05) is 6.07 Å². The van der Waals surface area contributed by atoms with Gasteiger partial charge in [0.2, 0.25) is 5.91 Å². The number of amides is 1. The van der Waals surface area contributed by atoms with E-state index < -0.39 is 4.92 Å². The van der Waals surface area contributed by atoms with Crippen LogP contribution in [0.5, 0.6) is 11.5 Å². The van der Waals surface area contributed by atoms with Crippen LogP contribution in [0.2, 0.25) is 0 Å². The van der Waals surface area contributed by atoms with Gasteiger partial charge >= 0.3 is 5.69 Å². The Morgan fingerprint density at radius 2 is 2.05 bits per heavy atom. The summed E-state index contributed by atoms with van der Waals surface area (Å²) >= 11 is 1.13. The number of benzene rings is 1. The zero-order valence-corrected chi connectivity index (χ0v) is 11.2. The molecule has 19 heavy (non-hydrogen) atoms. The minimum atomic E-state index is -0.567. The minimum Gasteiger partial charge on any atom is -0.495 e. The molecule has 1 amide bonds. The number of carbonyl (C=O) groups is 1. The number of thioether (sulfide) groups is 1. The van der Waals surface area contributed by atoms with Crippen LogP contribution in [0, 0.1) is 10.1 Å². The van der Waals surface area contributed by atoms with Gasteiger partial charge in [-0.05, 0) is 0 Å². The zero-order chi connectivity index (χ0) is 14.4. The summed E-state index contributed by atoms with van der Waals surface area (Å²) in [6, 6.07) is 2.70. The first-order valence-corrected chi connectivity index (χ1v) is 6.04. The molecule has 0 saturated carbocycles. The number of hydrazine groups is 1. The largest absolute Gasteiger partial charge is 0.495 e. The van der Waals surface area contributed by atoms with Gasteiger partial charge in [0.1, 0.15) is 5.75 Å². The zero-order valence-electron chi connectivity index (χ0n) is 10.3. The second-order valence-electron chi connectivity index (χ2n) is 3.29. The molecule has 104 valence electrons. The highest BCUT2D eigenvalue weighted by atomic mass is 32.2. The first-order chi connectivity index (χ1) is 9.03. The van der Waals surface area contributed by atoms with Crippen molar-refractivity contribution in [2.75, 3.05) is 20.0 Å². The smallest absolute Gasteiger partial charge is 0.314 e. The molecule has 0 radical (unpaired) electrons. The number of nitrogens with two attached hydrogens (primary N) is 1. The fourth-order valence-electron chi connectivity index (χ4n) is 1.29. The Morgan fingerprint density at radius 1 is 1.42 bits per heavy atom. The normalized spacial score (nSPS) is 9.84. The maximum atomic E-state index is 11.1. The molecule has 0 bridgehead atoms. The molecule has 9 heteroatoms. The molecular formula is C10H13N3O5S. The average Bonchev–Trinajstić information content (AvgIpc) is 2.43. The third-order valence-electron chi connectivity index (χ3n) is 2.18. The predicted molar refractivity (Wildman–Crippen MR) is 69.3 cm³/mol. The summed E-state index contributed by atoms with van der Waals surface area (Å²) in [4.78, 5) is 21.9. The Labute approximate surface area is 113 Å². The molecule has 3 N–H and O–H groups in total. The van der Waals surface area contributed by atoms with Crippen LogP contribution in [0.15, 0.2) is 17.0 Å². The van der Waals surface area contributed by atoms with Crippen molar-refractivity contribution >= 4 is 23.4 Å². The van der Waals surface area contributed by atoms with Crippen molar-refractivity contribution in [3.05, 3.63) is 22.2 Å². The van der Waals surface area contributed by atoms with Crippen LogP contribution in [-0.2, 0) is 4.79 Å². The maximum absolute atomic E-state index is 11.1. The number of nitro groups is 1. The van der Waals surface area contributed by atoms with Gasteiger partial charge in [-0.25, -0.2) is 5.84 Å². The van der Waals surface area contributed by atoms with E-state index in [2.05, 4.69) is 0 Å². The van der Waals surface area contributed by atoms with Crippen LogP contribution in [0.1, 0.15) is 0 Å². The molecular weight excluding hydrogens is 274 g/mol. The fourth-order valence-corrected chi connectivity index (χ4v) is 2.14. The van der Waals surface area contributed by atoms with E-state index in [0.717, 1.165) is 11.8 Å². The van der Waals surface area contributed by atoms with Crippen LogP contribution < -0.4 is 20.7 Å². The highest BCUT2D eigenvalue weighted by molar-refractivity contribution is 8.00. The summed E-state index contributed by atoms with van der Waals surface area (Å²) in [5, 5.41) is 10.9. The summed E-state index contributed by atoms with van der Waals surface area (Å²) in [5.41, 5.74) is 1.79. The number of methoxy groups -OCH3 is 2. The van der Waals surface area contributed by atoms with E-state index in [-0.39, 0.29) is 23.1 Å². The first-order valence-electron chi connectivity index (χ1n) is 5.06. The molecule has 0 spiro atoms. The SMILES string of the molecule is COc1cc([N+](=O)[O-])c(OC)cc1SCC(=O)NN. The number of rotatable bonds is 6. The summed E-state index contributed by atoms with van der Waals surface area (Å²) in [7, 11) is 2.72. The third-order valence-corrected chi connectivity index (χ3v) is 3.22. The number of hydrogen-bond acceptors (Lipinski definition) is 7. The maximum Gasteiger partial charge on any atom is 0.314 e. The molecule has 0 aliphatic heterocycles. The van der Waals surface area contributed by atoms with E-state index in [1.807, 2.05) is 5.43 Å². The lowest BCUT2D eigenvalue weighted by Gasteiger charge is -2.10. The Hall–Kier alpha value is -2.00. The summed E-state index contributed by atoms with van der Waals surface area (Å²) in [6.45, 7) is 0. The number of nitrogens with one attached hydrogen (secondary N) is 1. The second kappa shape index (κ2) is 6.81. The number of nitro benzene ring substituents is 1. The summed E-state index contributed by atoms with van der Waals surface area (Å²) < 4.78 is 10.0. The van der Waals surface area contributed by atoms with Crippen molar-refractivity contribution in [1.29, 1.82) is 0 Å². The lowest BCUT2D eigenvalue weighted by Crippen LogP contribution is -2.31. The van der Waals surface area contributed by atoms with Gasteiger partial charge in [-0.3, -0.25) is 20.3 Å². The Morgan fingerprint density at radius 3 is 2.53 bits per heavy atom. The van der Waals surface area contributed by atoms with Crippen molar-refractivity contribution < 1.29 is 19.2 Å². The molecule has 0 aliphatic carbocycles. The summed E-state index contributed by atoms with van der Waals surface area (Å²) in [5.74, 6) is 5.05. The molecule has 0 heterocycles. The average molecular weight is 287 g/mol. The molecule has 0 fully saturated rings. The topological polar surface area (TPSA) is 117 Å². The highest BCUT2D eigenvalue weighted by Gasteiger charge is 2.20. The molecule has 8 nitrogen and oxygen atoms in total. The predicted octanol–water partition coefficient (Wildman–Crippen LogP) is 0.694. The van der Waals surface area contributed by atoms with Crippen molar-refractivity contribution in [3.63, 3.8) is 0 Å². The summed E-state index contributed by atoms with van der Waals surface area (Å²) in [6.07, 6.45) is 0. The molecule has 0 unspecified atom stereocenters. The third kappa shape index (κ3) is 3.73. The fraction of sp³-hybridized carbons (Fsp3) is 0.300. The Kier molecular flexibility index (Phi) is 5.39.